The molecule has 134 valence electrons. The highest BCUT2D eigenvalue weighted by atomic mass is 35.5. The van der Waals surface area contributed by atoms with Gasteiger partial charge in [-0.15, -0.1) is 5.10 Å². The average Bonchev–Trinajstić information content (AvgIpc) is 2.97. The highest BCUT2D eigenvalue weighted by Crippen LogP contribution is 2.35. The van der Waals surface area contributed by atoms with E-state index in [-0.39, 0.29) is 0 Å². The summed E-state index contributed by atoms with van der Waals surface area (Å²) in [5, 5.41) is 9.36. The normalized spacial score (nSPS) is 11.5. The van der Waals surface area contributed by atoms with Crippen molar-refractivity contribution >= 4 is 28.6 Å². The molecule has 1 heterocycles. The molecule has 2 aromatic carbocycles. The Hall–Kier alpha value is -2.37. The van der Waals surface area contributed by atoms with Crippen molar-refractivity contribution in [3.63, 3.8) is 0 Å². The molecule has 0 saturated heterocycles. The van der Waals surface area contributed by atoms with Gasteiger partial charge in [0.1, 0.15) is 5.75 Å². The first-order valence-corrected chi connectivity index (χ1v) is 9.34. The van der Waals surface area contributed by atoms with Gasteiger partial charge >= 0.3 is 0 Å². The van der Waals surface area contributed by atoms with E-state index in [4.69, 9.17) is 16.3 Å². The van der Waals surface area contributed by atoms with Crippen LogP contribution in [0.2, 0.25) is 5.02 Å². The smallest absolute Gasteiger partial charge is 0.211 e. The molecule has 0 fully saturated rings. The van der Waals surface area contributed by atoms with Crippen LogP contribution in [0.25, 0.3) is 21.7 Å². The van der Waals surface area contributed by atoms with Crippen molar-refractivity contribution in [2.45, 2.75) is 13.8 Å². The molecule has 0 bridgehead atoms. The second kappa shape index (κ2) is 7.89. The minimum atomic E-state index is 0.719. The molecular formula is C20H20ClN3OS. The van der Waals surface area contributed by atoms with Crippen LogP contribution in [0.1, 0.15) is 13.8 Å². The lowest BCUT2D eigenvalue weighted by Gasteiger charge is -2.08. The Morgan fingerprint density at radius 3 is 2.19 bits per heavy atom. The van der Waals surface area contributed by atoms with Crippen molar-refractivity contribution in [1.82, 2.24) is 4.57 Å². The van der Waals surface area contributed by atoms with Crippen molar-refractivity contribution in [3.05, 3.63) is 58.4 Å². The minimum Gasteiger partial charge on any atom is -0.497 e. The molecule has 26 heavy (non-hydrogen) atoms. The second-order valence-electron chi connectivity index (χ2n) is 6.00. The number of nitrogens with zero attached hydrogens (tertiary/aromatic N) is 3. The molecule has 0 aliphatic heterocycles. The van der Waals surface area contributed by atoms with Crippen LogP contribution < -0.4 is 9.54 Å². The molecule has 0 atom stereocenters. The molecule has 3 aromatic rings. The lowest BCUT2D eigenvalue weighted by Crippen LogP contribution is -2.11. The fourth-order valence-electron chi connectivity index (χ4n) is 2.56. The van der Waals surface area contributed by atoms with Crippen LogP contribution in [0.15, 0.2) is 58.7 Å². The van der Waals surface area contributed by atoms with E-state index in [0.717, 1.165) is 43.0 Å². The summed E-state index contributed by atoms with van der Waals surface area (Å²) in [6, 6.07) is 15.9. The number of aromatic nitrogens is 1. The lowest BCUT2D eigenvalue weighted by molar-refractivity contribution is 0.415. The van der Waals surface area contributed by atoms with E-state index in [9.17, 15) is 0 Å². The fourth-order valence-corrected chi connectivity index (χ4v) is 3.78. The van der Waals surface area contributed by atoms with Gasteiger partial charge in [-0.1, -0.05) is 35.1 Å². The predicted octanol–water partition coefficient (Wildman–Crippen LogP) is 5.38. The first-order valence-electron chi connectivity index (χ1n) is 8.14. The summed E-state index contributed by atoms with van der Waals surface area (Å²) in [5.74, 6) is 0.829. The van der Waals surface area contributed by atoms with Crippen molar-refractivity contribution in [2.75, 3.05) is 7.11 Å². The van der Waals surface area contributed by atoms with Gasteiger partial charge in [-0.05, 0) is 61.4 Å². The Morgan fingerprint density at radius 2 is 1.62 bits per heavy atom. The number of methoxy groups -OCH3 is 1. The van der Waals surface area contributed by atoms with Crippen molar-refractivity contribution in [1.29, 1.82) is 0 Å². The monoisotopic (exact) mass is 385 g/mol. The maximum Gasteiger partial charge on any atom is 0.211 e. The third kappa shape index (κ3) is 3.89. The zero-order valence-corrected chi connectivity index (χ0v) is 16.7. The van der Waals surface area contributed by atoms with E-state index in [0.29, 0.717) is 0 Å². The summed E-state index contributed by atoms with van der Waals surface area (Å²) < 4.78 is 7.35. The SMILES string of the molecule is COc1ccc(-c2c(-c3ccc(Cl)cc3)s/c(=N\N=C(C)C)n2C)cc1. The zero-order valence-electron chi connectivity index (χ0n) is 15.2. The number of rotatable bonds is 4. The van der Waals surface area contributed by atoms with E-state index < -0.39 is 0 Å². The van der Waals surface area contributed by atoms with Gasteiger partial charge in [0, 0.05) is 17.8 Å². The van der Waals surface area contributed by atoms with Gasteiger partial charge in [0.2, 0.25) is 4.80 Å². The van der Waals surface area contributed by atoms with E-state index in [1.54, 1.807) is 18.4 Å². The van der Waals surface area contributed by atoms with Gasteiger partial charge < -0.3 is 9.30 Å². The molecule has 0 radical (unpaired) electrons. The Kier molecular flexibility index (Phi) is 5.59. The molecule has 1 aromatic heterocycles. The molecule has 3 rings (SSSR count). The standard InChI is InChI=1S/C20H20ClN3OS/c1-13(2)22-23-20-24(3)18(14-7-11-17(25-4)12-8-14)19(26-20)15-5-9-16(21)10-6-15/h5-12H,1-4H3/b23-20-. The molecular weight excluding hydrogens is 366 g/mol. The molecule has 0 N–H and O–H groups in total. The Labute approximate surface area is 162 Å². The largest absolute Gasteiger partial charge is 0.497 e. The van der Waals surface area contributed by atoms with Crippen molar-refractivity contribution < 1.29 is 4.74 Å². The van der Waals surface area contributed by atoms with Crippen LogP contribution in [0.3, 0.4) is 0 Å². The molecule has 6 heteroatoms. The average molecular weight is 386 g/mol. The van der Waals surface area contributed by atoms with Crippen molar-refractivity contribution in [3.8, 4) is 27.4 Å². The molecule has 0 aliphatic rings. The van der Waals surface area contributed by atoms with Gasteiger partial charge in [0.25, 0.3) is 0 Å². The van der Waals surface area contributed by atoms with Crippen LogP contribution in [-0.2, 0) is 7.05 Å². The van der Waals surface area contributed by atoms with Crippen molar-refractivity contribution in [2.24, 2.45) is 17.3 Å². The van der Waals surface area contributed by atoms with E-state index in [2.05, 4.69) is 26.9 Å². The van der Waals surface area contributed by atoms with Crippen LogP contribution in [0.5, 0.6) is 5.75 Å². The number of hydrogen-bond acceptors (Lipinski definition) is 4. The quantitative estimate of drug-likeness (QED) is 0.439. The maximum absolute atomic E-state index is 6.06. The minimum absolute atomic E-state index is 0.719. The molecule has 0 spiro atoms. The van der Waals surface area contributed by atoms with E-state index in [1.807, 2.05) is 57.3 Å². The third-order valence-electron chi connectivity index (χ3n) is 3.84. The van der Waals surface area contributed by atoms with E-state index in [1.165, 1.54) is 0 Å². The first-order chi connectivity index (χ1) is 12.5. The summed E-state index contributed by atoms with van der Waals surface area (Å²) in [7, 11) is 3.68. The van der Waals surface area contributed by atoms with Crippen LogP contribution >= 0.6 is 22.9 Å². The Morgan fingerprint density at radius 1 is 1.00 bits per heavy atom. The summed E-state index contributed by atoms with van der Waals surface area (Å²) >= 11 is 7.67. The van der Waals surface area contributed by atoms with Crippen LogP contribution in [-0.4, -0.2) is 17.4 Å². The molecule has 0 unspecified atom stereocenters. The molecule has 0 amide bonds. The van der Waals surface area contributed by atoms with Gasteiger partial charge in [-0.3, -0.25) is 0 Å². The van der Waals surface area contributed by atoms with Crippen LogP contribution in [0.4, 0.5) is 0 Å². The fraction of sp³-hybridized carbons (Fsp3) is 0.200. The molecule has 4 nitrogen and oxygen atoms in total. The predicted molar refractivity (Wildman–Crippen MR) is 110 cm³/mol. The number of hydrogen-bond donors (Lipinski definition) is 0. The van der Waals surface area contributed by atoms with Gasteiger partial charge in [-0.2, -0.15) is 5.10 Å². The first kappa shape index (κ1) is 18.4. The Balaban J connectivity index is 2.23. The van der Waals surface area contributed by atoms with Gasteiger partial charge in [0.15, 0.2) is 0 Å². The van der Waals surface area contributed by atoms with E-state index >= 15 is 0 Å². The number of ether oxygens (including phenoxy) is 1. The highest BCUT2D eigenvalue weighted by Gasteiger charge is 2.15. The zero-order chi connectivity index (χ0) is 18.7. The summed E-state index contributed by atoms with van der Waals surface area (Å²) in [6.07, 6.45) is 0. The second-order valence-corrected chi connectivity index (χ2v) is 7.42. The number of halogens is 1. The summed E-state index contributed by atoms with van der Waals surface area (Å²) in [4.78, 5) is 1.96. The van der Waals surface area contributed by atoms with Gasteiger partial charge in [-0.25, -0.2) is 0 Å². The van der Waals surface area contributed by atoms with Gasteiger partial charge in [0.05, 0.1) is 17.7 Å². The molecule has 0 saturated carbocycles. The third-order valence-corrected chi connectivity index (χ3v) is 5.26. The maximum atomic E-state index is 6.06. The Bertz CT molecular complexity index is 995. The topological polar surface area (TPSA) is 38.9 Å². The summed E-state index contributed by atoms with van der Waals surface area (Å²) in [5.41, 5.74) is 4.19. The number of benzene rings is 2. The summed E-state index contributed by atoms with van der Waals surface area (Å²) in [6.45, 7) is 3.86. The van der Waals surface area contributed by atoms with Crippen LogP contribution in [0, 0.1) is 0 Å². The number of thiazole rings is 1. The highest BCUT2D eigenvalue weighted by molar-refractivity contribution is 7.13. The molecule has 0 aliphatic carbocycles. The lowest BCUT2D eigenvalue weighted by atomic mass is 10.1.